The van der Waals surface area contributed by atoms with Crippen molar-refractivity contribution in [1.82, 2.24) is 24.6 Å². The van der Waals surface area contributed by atoms with Gasteiger partial charge in [-0.05, 0) is 57.2 Å². The molecule has 4 aliphatic rings. The predicted molar refractivity (Wildman–Crippen MR) is 133 cm³/mol. The molecular formula is C26H31N7O2. The molecule has 3 aromatic rings. The first-order valence-corrected chi connectivity index (χ1v) is 12.9. The van der Waals surface area contributed by atoms with Gasteiger partial charge in [-0.3, -0.25) is 14.4 Å². The second-order valence-electron chi connectivity index (χ2n) is 10.5. The third-order valence-electron chi connectivity index (χ3n) is 8.37. The highest BCUT2D eigenvalue weighted by atomic mass is 16.5. The number of carbonyl (C=O) groups is 1. The van der Waals surface area contributed by atoms with Gasteiger partial charge >= 0.3 is 0 Å². The summed E-state index contributed by atoms with van der Waals surface area (Å²) in [5.74, 6) is 1.02. The zero-order chi connectivity index (χ0) is 23.5. The SMILES string of the molecule is Cc1nn(C2CCN(C3COC3)CC2)cc1Nc1ncc2ccc(N3C(=O)C4CCC3C4)cc2n1. The van der Waals surface area contributed by atoms with Gasteiger partial charge in [-0.15, -0.1) is 0 Å². The quantitative estimate of drug-likeness (QED) is 0.607. The van der Waals surface area contributed by atoms with E-state index < -0.39 is 0 Å². The van der Waals surface area contributed by atoms with E-state index in [0.717, 1.165) is 86.4 Å². The van der Waals surface area contributed by atoms with Crippen molar-refractivity contribution in [2.75, 3.05) is 36.5 Å². The number of hydrogen-bond acceptors (Lipinski definition) is 7. The van der Waals surface area contributed by atoms with Crippen LogP contribution in [0.1, 0.15) is 43.8 Å². The number of fused-ring (bicyclic) bond motifs is 3. The average molecular weight is 474 g/mol. The second kappa shape index (κ2) is 8.27. The highest BCUT2D eigenvalue weighted by Gasteiger charge is 2.45. The Morgan fingerprint density at radius 3 is 2.66 bits per heavy atom. The van der Waals surface area contributed by atoms with Crippen molar-refractivity contribution in [3.8, 4) is 0 Å². The summed E-state index contributed by atoms with van der Waals surface area (Å²) in [5, 5.41) is 9.15. The molecule has 182 valence electrons. The van der Waals surface area contributed by atoms with Crippen LogP contribution in [0.3, 0.4) is 0 Å². The van der Waals surface area contributed by atoms with Gasteiger partial charge in [0.2, 0.25) is 11.9 Å². The summed E-state index contributed by atoms with van der Waals surface area (Å²) in [6.45, 7) is 5.96. The van der Waals surface area contributed by atoms with Crippen molar-refractivity contribution < 1.29 is 9.53 Å². The van der Waals surface area contributed by atoms with Crippen molar-refractivity contribution in [3.63, 3.8) is 0 Å². The van der Waals surface area contributed by atoms with E-state index in [4.69, 9.17) is 14.8 Å². The molecule has 0 spiro atoms. The average Bonchev–Trinajstić information content (AvgIpc) is 3.53. The number of piperidine rings is 2. The molecule has 1 amide bonds. The fourth-order valence-corrected chi connectivity index (χ4v) is 6.21. The Morgan fingerprint density at radius 1 is 1.06 bits per heavy atom. The van der Waals surface area contributed by atoms with E-state index in [1.807, 2.05) is 36.2 Å². The molecule has 1 N–H and O–H groups in total. The lowest BCUT2D eigenvalue weighted by Gasteiger charge is -2.41. The summed E-state index contributed by atoms with van der Waals surface area (Å²) in [6, 6.07) is 7.42. The molecular weight excluding hydrogens is 442 g/mol. The second-order valence-corrected chi connectivity index (χ2v) is 10.5. The lowest BCUT2D eigenvalue weighted by atomic mass is 10.0. The molecule has 5 heterocycles. The lowest BCUT2D eigenvalue weighted by Crippen LogP contribution is -2.51. The Bertz CT molecular complexity index is 1280. The monoisotopic (exact) mass is 473 g/mol. The van der Waals surface area contributed by atoms with E-state index in [9.17, 15) is 4.79 Å². The molecule has 9 nitrogen and oxygen atoms in total. The third kappa shape index (κ3) is 3.68. The summed E-state index contributed by atoms with van der Waals surface area (Å²) in [6.07, 6.45) is 9.25. The number of aryl methyl sites for hydroxylation is 1. The van der Waals surface area contributed by atoms with E-state index in [1.165, 1.54) is 0 Å². The van der Waals surface area contributed by atoms with Crippen molar-refractivity contribution in [3.05, 3.63) is 36.3 Å². The van der Waals surface area contributed by atoms with Crippen LogP contribution < -0.4 is 10.2 Å². The maximum Gasteiger partial charge on any atom is 0.230 e. The standard InChI is InChI=1S/C26H31N7O2/c1-16-24(13-32(30-16)19-6-8-31(9-7-19)22-14-35-15-22)29-26-27-12-18-3-5-21(11-23(18)28-26)33-20-4-2-17(10-20)25(33)34/h3,5,11-13,17,19-20,22H,2,4,6-10,14-15H2,1H3,(H,27,28,29). The number of nitrogens with one attached hydrogen (secondary N) is 1. The zero-order valence-corrected chi connectivity index (χ0v) is 20.1. The number of hydrogen-bond donors (Lipinski definition) is 1. The minimum absolute atomic E-state index is 0.206. The molecule has 2 atom stereocenters. The Hall–Kier alpha value is -3.04. The summed E-state index contributed by atoms with van der Waals surface area (Å²) >= 11 is 0. The minimum atomic E-state index is 0.206. The number of amides is 1. The molecule has 0 radical (unpaired) electrons. The van der Waals surface area contributed by atoms with Crippen LogP contribution in [0, 0.1) is 12.8 Å². The molecule has 1 aliphatic carbocycles. The molecule has 1 aromatic carbocycles. The van der Waals surface area contributed by atoms with Gasteiger partial charge in [0.25, 0.3) is 0 Å². The summed E-state index contributed by atoms with van der Waals surface area (Å²) in [4.78, 5) is 26.6. The molecule has 9 heteroatoms. The van der Waals surface area contributed by atoms with Crippen LogP contribution in [0.4, 0.5) is 17.3 Å². The number of aromatic nitrogens is 4. The van der Waals surface area contributed by atoms with E-state index in [0.29, 0.717) is 24.1 Å². The van der Waals surface area contributed by atoms with E-state index in [2.05, 4.69) is 26.1 Å². The summed E-state index contributed by atoms with van der Waals surface area (Å²) < 4.78 is 7.46. The highest BCUT2D eigenvalue weighted by Crippen LogP contribution is 2.41. The third-order valence-corrected chi connectivity index (χ3v) is 8.37. The van der Waals surface area contributed by atoms with Crippen LogP contribution in [0.2, 0.25) is 0 Å². The Labute approximate surface area is 204 Å². The lowest BCUT2D eigenvalue weighted by molar-refractivity contribution is -0.121. The van der Waals surface area contributed by atoms with E-state index in [1.54, 1.807) is 0 Å². The van der Waals surface area contributed by atoms with Gasteiger partial charge in [-0.1, -0.05) is 0 Å². The molecule has 2 unspecified atom stereocenters. The van der Waals surface area contributed by atoms with Crippen molar-refractivity contribution >= 4 is 34.1 Å². The molecule has 7 rings (SSSR count). The van der Waals surface area contributed by atoms with Gasteiger partial charge < -0.3 is 15.0 Å². The number of carbonyl (C=O) groups excluding carboxylic acids is 1. The Morgan fingerprint density at radius 2 is 1.91 bits per heavy atom. The minimum Gasteiger partial charge on any atom is -0.378 e. The maximum absolute atomic E-state index is 12.7. The van der Waals surface area contributed by atoms with Gasteiger partial charge in [-0.2, -0.15) is 5.10 Å². The largest absolute Gasteiger partial charge is 0.378 e. The molecule has 4 fully saturated rings. The first-order valence-electron chi connectivity index (χ1n) is 12.9. The topological polar surface area (TPSA) is 88.4 Å². The Balaban J connectivity index is 1.08. The van der Waals surface area contributed by atoms with E-state index in [-0.39, 0.29) is 11.8 Å². The summed E-state index contributed by atoms with van der Waals surface area (Å²) in [7, 11) is 0. The normalized spacial score (nSPS) is 25.5. The molecule has 2 aromatic heterocycles. The van der Waals surface area contributed by atoms with Gasteiger partial charge in [0.15, 0.2) is 0 Å². The van der Waals surface area contributed by atoms with Crippen molar-refractivity contribution in [1.29, 1.82) is 0 Å². The van der Waals surface area contributed by atoms with Crippen molar-refractivity contribution in [2.45, 2.75) is 57.2 Å². The molecule has 1 saturated carbocycles. The number of likely N-dealkylation sites (tertiary alicyclic amines) is 1. The van der Waals surface area contributed by atoms with Gasteiger partial charge in [0.05, 0.1) is 42.2 Å². The predicted octanol–water partition coefficient (Wildman–Crippen LogP) is 3.43. The van der Waals surface area contributed by atoms with Gasteiger partial charge in [0.1, 0.15) is 0 Å². The number of ether oxygens (including phenoxy) is 1. The fourth-order valence-electron chi connectivity index (χ4n) is 6.21. The smallest absolute Gasteiger partial charge is 0.230 e. The van der Waals surface area contributed by atoms with Gasteiger partial charge in [0, 0.05) is 48.5 Å². The van der Waals surface area contributed by atoms with Crippen LogP contribution in [-0.4, -0.2) is 68.9 Å². The molecule has 35 heavy (non-hydrogen) atoms. The van der Waals surface area contributed by atoms with Gasteiger partial charge in [-0.25, -0.2) is 9.97 Å². The zero-order valence-electron chi connectivity index (χ0n) is 20.1. The number of nitrogens with zero attached hydrogens (tertiary/aromatic N) is 6. The molecule has 3 saturated heterocycles. The first-order chi connectivity index (χ1) is 17.1. The first kappa shape index (κ1) is 21.3. The van der Waals surface area contributed by atoms with Crippen LogP contribution >= 0.6 is 0 Å². The van der Waals surface area contributed by atoms with Crippen molar-refractivity contribution in [2.24, 2.45) is 5.92 Å². The molecule has 2 bridgehead atoms. The number of rotatable bonds is 5. The fraction of sp³-hybridized carbons (Fsp3) is 0.538. The number of anilines is 3. The van der Waals surface area contributed by atoms with Crippen LogP contribution in [0.25, 0.3) is 10.9 Å². The maximum atomic E-state index is 12.7. The number of benzene rings is 1. The Kier molecular flexibility index (Phi) is 5.02. The van der Waals surface area contributed by atoms with E-state index >= 15 is 0 Å². The summed E-state index contributed by atoms with van der Waals surface area (Å²) in [5.41, 5.74) is 3.66. The highest BCUT2D eigenvalue weighted by molar-refractivity contribution is 6.00. The molecule has 3 aliphatic heterocycles. The van der Waals surface area contributed by atoms with Crippen LogP contribution in [0.5, 0.6) is 0 Å². The van der Waals surface area contributed by atoms with Crippen LogP contribution in [-0.2, 0) is 9.53 Å². The van der Waals surface area contributed by atoms with Crippen LogP contribution in [0.15, 0.2) is 30.6 Å².